The van der Waals surface area contributed by atoms with Gasteiger partial charge in [0, 0.05) is 0 Å². The van der Waals surface area contributed by atoms with E-state index in [9.17, 15) is 4.79 Å². The largest absolute Gasteiger partial charge is 0.370 e. The van der Waals surface area contributed by atoms with Gasteiger partial charge in [0.2, 0.25) is 0 Å². The quantitative estimate of drug-likeness (QED) is 0.590. The van der Waals surface area contributed by atoms with Gasteiger partial charge >= 0.3 is 0 Å². The molecule has 0 aromatic carbocycles. The van der Waals surface area contributed by atoms with Crippen molar-refractivity contribution in [3.8, 4) is 0 Å². The Labute approximate surface area is 72.2 Å². The van der Waals surface area contributed by atoms with Crippen molar-refractivity contribution in [3.05, 3.63) is 0 Å². The van der Waals surface area contributed by atoms with E-state index in [1.54, 1.807) is 0 Å². The van der Waals surface area contributed by atoms with Crippen LogP contribution in [0.25, 0.3) is 0 Å². The first-order valence-corrected chi connectivity index (χ1v) is 4.03. The number of guanidine groups is 1. The molecule has 0 bridgehead atoms. The summed E-state index contributed by atoms with van der Waals surface area (Å²) in [6.45, 7) is 6.22. The van der Waals surface area contributed by atoms with Gasteiger partial charge < -0.3 is 5.73 Å². The van der Waals surface area contributed by atoms with Gasteiger partial charge in [-0.3, -0.25) is 10.1 Å². The Balaban J connectivity index is 2.60. The van der Waals surface area contributed by atoms with Gasteiger partial charge in [0.25, 0.3) is 5.91 Å². The highest BCUT2D eigenvalue weighted by Gasteiger charge is 2.28. The molecule has 1 aliphatic heterocycles. The van der Waals surface area contributed by atoms with Crippen LogP contribution >= 0.6 is 0 Å². The summed E-state index contributed by atoms with van der Waals surface area (Å²) in [7, 11) is 0. The molecule has 0 saturated heterocycles. The summed E-state index contributed by atoms with van der Waals surface area (Å²) in [6, 6.07) is -0.287. The number of aliphatic imine (C=N–C) groups is 1. The number of nitrogens with one attached hydrogen (secondary N) is 1. The van der Waals surface area contributed by atoms with Crippen LogP contribution in [-0.2, 0) is 4.79 Å². The normalized spacial score (nSPS) is 23.8. The molecular formula is C8H15N3O. The minimum absolute atomic E-state index is 0.0811. The van der Waals surface area contributed by atoms with Crippen molar-refractivity contribution >= 4 is 11.9 Å². The standard InChI is InChI=1S/C8H15N3O/c1-8(2,3)4-5-6(12)11-7(9)10-5/h5H,4H2,1-3H3,(H3,9,10,11,12). The molecule has 1 unspecified atom stereocenters. The molecule has 1 amide bonds. The molecule has 0 aromatic rings. The second-order valence-corrected chi connectivity index (χ2v) is 4.28. The highest BCUT2D eigenvalue weighted by Crippen LogP contribution is 2.23. The first-order valence-electron chi connectivity index (χ1n) is 4.03. The van der Waals surface area contributed by atoms with Gasteiger partial charge in [-0.05, 0) is 11.8 Å². The van der Waals surface area contributed by atoms with Gasteiger partial charge in [-0.1, -0.05) is 20.8 Å². The van der Waals surface area contributed by atoms with E-state index in [0.29, 0.717) is 0 Å². The van der Waals surface area contributed by atoms with Crippen LogP contribution in [0.1, 0.15) is 27.2 Å². The lowest BCUT2D eigenvalue weighted by Crippen LogP contribution is -2.34. The molecular weight excluding hydrogens is 154 g/mol. The average Bonchev–Trinajstić information content (AvgIpc) is 2.06. The molecule has 68 valence electrons. The molecule has 3 N–H and O–H groups in total. The van der Waals surface area contributed by atoms with Crippen molar-refractivity contribution in [1.82, 2.24) is 5.32 Å². The maximum absolute atomic E-state index is 11.2. The molecule has 1 rings (SSSR count). The van der Waals surface area contributed by atoms with Gasteiger partial charge in [-0.15, -0.1) is 0 Å². The van der Waals surface area contributed by atoms with E-state index in [2.05, 4.69) is 31.1 Å². The maximum atomic E-state index is 11.2. The third-order valence-corrected chi connectivity index (χ3v) is 1.65. The zero-order valence-corrected chi connectivity index (χ0v) is 7.72. The van der Waals surface area contributed by atoms with E-state index in [4.69, 9.17) is 5.73 Å². The summed E-state index contributed by atoms with van der Waals surface area (Å²) < 4.78 is 0. The van der Waals surface area contributed by atoms with Crippen LogP contribution < -0.4 is 11.1 Å². The number of nitrogens with two attached hydrogens (primary N) is 1. The summed E-state index contributed by atoms with van der Waals surface area (Å²) in [5.41, 5.74) is 5.46. The zero-order valence-electron chi connectivity index (χ0n) is 7.72. The molecule has 1 atom stereocenters. The van der Waals surface area contributed by atoms with E-state index in [0.717, 1.165) is 6.42 Å². The van der Waals surface area contributed by atoms with Crippen molar-refractivity contribution in [1.29, 1.82) is 0 Å². The molecule has 12 heavy (non-hydrogen) atoms. The van der Waals surface area contributed by atoms with Crippen LogP contribution in [-0.4, -0.2) is 17.9 Å². The van der Waals surface area contributed by atoms with Crippen molar-refractivity contribution in [2.24, 2.45) is 16.1 Å². The van der Waals surface area contributed by atoms with E-state index >= 15 is 0 Å². The molecule has 4 heteroatoms. The number of rotatable bonds is 1. The molecule has 0 fully saturated rings. The second-order valence-electron chi connectivity index (χ2n) is 4.28. The van der Waals surface area contributed by atoms with E-state index in [1.807, 2.05) is 0 Å². The number of carbonyl (C=O) groups excluding carboxylic acids is 1. The number of hydrogen-bond acceptors (Lipinski definition) is 3. The molecule has 4 nitrogen and oxygen atoms in total. The monoisotopic (exact) mass is 169 g/mol. The van der Waals surface area contributed by atoms with Gasteiger partial charge in [0.15, 0.2) is 5.96 Å². The molecule has 0 radical (unpaired) electrons. The van der Waals surface area contributed by atoms with Crippen LogP contribution in [0.15, 0.2) is 4.99 Å². The summed E-state index contributed by atoms with van der Waals surface area (Å²) >= 11 is 0. The molecule has 0 saturated carbocycles. The van der Waals surface area contributed by atoms with Crippen molar-refractivity contribution in [2.45, 2.75) is 33.2 Å². The third kappa shape index (κ3) is 2.22. The summed E-state index contributed by atoms with van der Waals surface area (Å²) in [5.74, 6) is 0.164. The SMILES string of the molecule is CC(C)(C)CC1N=C(N)NC1=O. The summed E-state index contributed by atoms with van der Waals surface area (Å²) in [5, 5.41) is 2.48. The third-order valence-electron chi connectivity index (χ3n) is 1.65. The lowest BCUT2D eigenvalue weighted by Gasteiger charge is -2.19. The molecule has 0 aromatic heterocycles. The smallest absolute Gasteiger partial charge is 0.251 e. The first-order chi connectivity index (χ1) is 5.38. The molecule has 0 aliphatic carbocycles. The van der Waals surface area contributed by atoms with Gasteiger partial charge in [0.1, 0.15) is 6.04 Å². The van der Waals surface area contributed by atoms with Gasteiger partial charge in [-0.25, -0.2) is 4.99 Å². The molecule has 1 aliphatic rings. The van der Waals surface area contributed by atoms with Crippen LogP contribution in [0.2, 0.25) is 0 Å². The highest BCUT2D eigenvalue weighted by molar-refractivity contribution is 6.04. The Kier molecular flexibility index (Phi) is 2.08. The molecule has 1 heterocycles. The molecule has 0 spiro atoms. The van der Waals surface area contributed by atoms with Gasteiger partial charge in [-0.2, -0.15) is 0 Å². The van der Waals surface area contributed by atoms with Crippen LogP contribution in [0, 0.1) is 5.41 Å². The van der Waals surface area contributed by atoms with Crippen LogP contribution in [0.4, 0.5) is 0 Å². The Morgan fingerprint density at radius 2 is 2.17 bits per heavy atom. The Morgan fingerprint density at radius 1 is 1.58 bits per heavy atom. The van der Waals surface area contributed by atoms with Gasteiger partial charge in [0.05, 0.1) is 0 Å². The Hall–Kier alpha value is -1.06. The van der Waals surface area contributed by atoms with Crippen molar-refractivity contribution in [2.75, 3.05) is 0 Å². The van der Waals surface area contributed by atoms with Crippen LogP contribution in [0.5, 0.6) is 0 Å². The predicted molar refractivity (Wildman–Crippen MR) is 47.6 cm³/mol. The fourth-order valence-corrected chi connectivity index (χ4v) is 1.19. The lowest BCUT2D eigenvalue weighted by molar-refractivity contribution is -0.120. The Morgan fingerprint density at radius 3 is 2.50 bits per heavy atom. The summed E-state index contributed by atoms with van der Waals surface area (Å²) in [6.07, 6.45) is 0.736. The van der Waals surface area contributed by atoms with E-state index < -0.39 is 0 Å². The van der Waals surface area contributed by atoms with E-state index in [1.165, 1.54) is 0 Å². The Bertz CT molecular complexity index is 227. The van der Waals surface area contributed by atoms with Crippen molar-refractivity contribution < 1.29 is 4.79 Å². The average molecular weight is 169 g/mol. The van der Waals surface area contributed by atoms with E-state index in [-0.39, 0.29) is 23.3 Å². The fourth-order valence-electron chi connectivity index (χ4n) is 1.19. The number of carbonyl (C=O) groups is 1. The zero-order chi connectivity index (χ0) is 9.35. The highest BCUT2D eigenvalue weighted by atomic mass is 16.2. The minimum atomic E-state index is -0.287. The van der Waals surface area contributed by atoms with Crippen LogP contribution in [0.3, 0.4) is 0 Å². The minimum Gasteiger partial charge on any atom is -0.370 e. The predicted octanol–water partition coefficient (Wildman–Crippen LogP) is 0.236. The number of hydrogen-bond donors (Lipinski definition) is 2. The summed E-state index contributed by atoms with van der Waals surface area (Å²) in [4.78, 5) is 15.1. The number of amides is 1. The second kappa shape index (κ2) is 2.77. The topological polar surface area (TPSA) is 67.5 Å². The maximum Gasteiger partial charge on any atom is 0.251 e. The number of nitrogens with zero attached hydrogens (tertiary/aromatic N) is 1. The lowest BCUT2D eigenvalue weighted by atomic mass is 9.88. The fraction of sp³-hybridized carbons (Fsp3) is 0.750. The first kappa shape index (κ1) is 9.03. The van der Waals surface area contributed by atoms with Crippen molar-refractivity contribution in [3.63, 3.8) is 0 Å².